The summed E-state index contributed by atoms with van der Waals surface area (Å²) >= 11 is 0. The van der Waals surface area contributed by atoms with Crippen LogP contribution < -0.4 is 5.32 Å². The normalized spacial score (nSPS) is 10.9. The van der Waals surface area contributed by atoms with E-state index in [4.69, 9.17) is 0 Å². The average Bonchev–Trinajstić information content (AvgIpc) is 2.71. The summed E-state index contributed by atoms with van der Waals surface area (Å²) in [6.07, 6.45) is 1.90. The van der Waals surface area contributed by atoms with E-state index in [0.29, 0.717) is 0 Å². The third kappa shape index (κ3) is 3.20. The number of rotatable bonds is 5. The van der Waals surface area contributed by atoms with Crippen LogP contribution in [0.15, 0.2) is 24.4 Å². The molecule has 19 heavy (non-hydrogen) atoms. The number of halogens is 1. The summed E-state index contributed by atoms with van der Waals surface area (Å²) in [7, 11) is 0. The van der Waals surface area contributed by atoms with Crippen molar-refractivity contribution in [2.75, 3.05) is 6.54 Å². The first-order valence-corrected chi connectivity index (χ1v) is 6.58. The molecular formula is C15H20FN3. The highest BCUT2D eigenvalue weighted by atomic mass is 19.1. The Kier molecular flexibility index (Phi) is 4.32. The first kappa shape index (κ1) is 13.7. The number of benzene rings is 1. The molecule has 0 amide bonds. The Bertz CT molecular complexity index is 561. The van der Waals surface area contributed by atoms with Crippen LogP contribution in [0, 0.1) is 19.7 Å². The molecule has 0 aliphatic rings. The van der Waals surface area contributed by atoms with E-state index in [2.05, 4.69) is 21.8 Å². The summed E-state index contributed by atoms with van der Waals surface area (Å²) < 4.78 is 15.3. The van der Waals surface area contributed by atoms with Gasteiger partial charge in [-0.15, -0.1) is 0 Å². The number of hydrogen-bond donors (Lipinski definition) is 1. The molecule has 0 bridgehead atoms. The zero-order chi connectivity index (χ0) is 13.8. The van der Waals surface area contributed by atoms with Crippen molar-refractivity contribution in [1.82, 2.24) is 14.9 Å². The lowest BCUT2D eigenvalue weighted by Gasteiger charge is -2.12. The molecule has 0 aliphatic heterocycles. The first-order valence-electron chi connectivity index (χ1n) is 6.58. The standard InChI is InChI=1S/C15H20FN3/c1-4-17-8-15-9-18-12(3)19(15)10-13-5-6-14(16)7-11(13)2/h5-7,9,17H,4,8,10H2,1-3H3. The highest BCUT2D eigenvalue weighted by Gasteiger charge is 2.08. The number of hydrogen-bond acceptors (Lipinski definition) is 2. The van der Waals surface area contributed by atoms with Gasteiger partial charge >= 0.3 is 0 Å². The number of nitrogens with one attached hydrogen (secondary N) is 1. The number of nitrogens with zero attached hydrogens (tertiary/aromatic N) is 2. The minimum absolute atomic E-state index is 0.184. The molecule has 0 spiro atoms. The third-order valence-electron chi connectivity index (χ3n) is 3.33. The van der Waals surface area contributed by atoms with Crippen LogP contribution in [-0.4, -0.2) is 16.1 Å². The lowest BCUT2D eigenvalue weighted by atomic mass is 10.1. The second kappa shape index (κ2) is 5.97. The first-order chi connectivity index (χ1) is 9.11. The molecule has 2 rings (SSSR count). The molecule has 1 aromatic carbocycles. The van der Waals surface area contributed by atoms with E-state index in [-0.39, 0.29) is 5.82 Å². The van der Waals surface area contributed by atoms with Gasteiger partial charge in [-0.3, -0.25) is 0 Å². The summed E-state index contributed by atoms with van der Waals surface area (Å²) in [5.41, 5.74) is 3.26. The van der Waals surface area contributed by atoms with Crippen molar-refractivity contribution in [3.8, 4) is 0 Å². The molecule has 102 valence electrons. The van der Waals surface area contributed by atoms with Gasteiger partial charge in [0.15, 0.2) is 0 Å². The Morgan fingerprint density at radius 2 is 2.11 bits per heavy atom. The maximum atomic E-state index is 13.1. The van der Waals surface area contributed by atoms with Gasteiger partial charge in [-0.25, -0.2) is 9.37 Å². The van der Waals surface area contributed by atoms with Gasteiger partial charge in [0.1, 0.15) is 11.6 Å². The molecular weight excluding hydrogens is 241 g/mol. The third-order valence-corrected chi connectivity index (χ3v) is 3.33. The summed E-state index contributed by atoms with van der Waals surface area (Å²) in [6, 6.07) is 4.94. The molecule has 3 nitrogen and oxygen atoms in total. The fourth-order valence-electron chi connectivity index (χ4n) is 2.13. The number of imidazole rings is 1. The molecule has 0 saturated carbocycles. The summed E-state index contributed by atoms with van der Waals surface area (Å²) in [6.45, 7) is 8.48. The summed E-state index contributed by atoms with van der Waals surface area (Å²) in [5.74, 6) is 0.799. The molecule has 0 unspecified atom stereocenters. The van der Waals surface area contributed by atoms with Crippen molar-refractivity contribution >= 4 is 0 Å². The minimum atomic E-state index is -0.184. The van der Waals surface area contributed by atoms with Gasteiger partial charge in [-0.1, -0.05) is 13.0 Å². The Morgan fingerprint density at radius 3 is 2.79 bits per heavy atom. The van der Waals surface area contributed by atoms with Gasteiger partial charge in [0.05, 0.1) is 5.69 Å². The lowest BCUT2D eigenvalue weighted by Crippen LogP contribution is -2.16. The van der Waals surface area contributed by atoms with Crippen LogP contribution >= 0.6 is 0 Å². The zero-order valence-corrected chi connectivity index (χ0v) is 11.7. The largest absolute Gasteiger partial charge is 0.327 e. The second-order valence-electron chi connectivity index (χ2n) is 4.73. The zero-order valence-electron chi connectivity index (χ0n) is 11.7. The van der Waals surface area contributed by atoms with E-state index in [1.165, 1.54) is 6.07 Å². The molecule has 0 atom stereocenters. The van der Waals surface area contributed by atoms with Crippen molar-refractivity contribution in [3.05, 3.63) is 52.9 Å². The minimum Gasteiger partial charge on any atom is -0.327 e. The topological polar surface area (TPSA) is 29.9 Å². The fraction of sp³-hybridized carbons (Fsp3) is 0.400. The maximum Gasteiger partial charge on any atom is 0.123 e. The van der Waals surface area contributed by atoms with Crippen LogP contribution in [0.2, 0.25) is 0 Å². The fourth-order valence-corrected chi connectivity index (χ4v) is 2.13. The highest BCUT2D eigenvalue weighted by molar-refractivity contribution is 5.27. The Labute approximate surface area is 113 Å². The molecule has 4 heteroatoms. The second-order valence-corrected chi connectivity index (χ2v) is 4.73. The summed E-state index contributed by atoms with van der Waals surface area (Å²) in [5, 5.41) is 3.31. The van der Waals surface area contributed by atoms with Gasteiger partial charge in [-0.2, -0.15) is 0 Å². The van der Waals surface area contributed by atoms with Gasteiger partial charge < -0.3 is 9.88 Å². The molecule has 2 aromatic rings. The Morgan fingerprint density at radius 1 is 1.32 bits per heavy atom. The molecule has 0 aliphatic carbocycles. The van der Waals surface area contributed by atoms with Crippen LogP contribution in [-0.2, 0) is 13.1 Å². The lowest BCUT2D eigenvalue weighted by molar-refractivity contribution is 0.621. The Balaban J connectivity index is 2.24. The van der Waals surface area contributed by atoms with Crippen molar-refractivity contribution in [2.24, 2.45) is 0 Å². The SMILES string of the molecule is CCNCc1cnc(C)n1Cc1ccc(F)cc1C. The quantitative estimate of drug-likeness (QED) is 0.897. The van der Waals surface area contributed by atoms with E-state index >= 15 is 0 Å². The van der Waals surface area contributed by atoms with E-state index in [9.17, 15) is 4.39 Å². The average molecular weight is 261 g/mol. The Hall–Kier alpha value is -1.68. The van der Waals surface area contributed by atoms with Crippen molar-refractivity contribution in [2.45, 2.75) is 33.9 Å². The monoisotopic (exact) mass is 261 g/mol. The maximum absolute atomic E-state index is 13.1. The molecule has 0 fully saturated rings. The van der Waals surface area contributed by atoms with Crippen LogP contribution in [0.3, 0.4) is 0 Å². The van der Waals surface area contributed by atoms with Crippen LogP contribution in [0.5, 0.6) is 0 Å². The van der Waals surface area contributed by atoms with E-state index in [1.807, 2.05) is 26.1 Å². The molecule has 1 N–H and O–H groups in total. The highest BCUT2D eigenvalue weighted by Crippen LogP contribution is 2.14. The van der Waals surface area contributed by atoms with Crippen LogP contribution in [0.1, 0.15) is 29.6 Å². The molecule has 0 radical (unpaired) electrons. The van der Waals surface area contributed by atoms with Crippen molar-refractivity contribution in [1.29, 1.82) is 0 Å². The van der Waals surface area contributed by atoms with Gasteiger partial charge in [0, 0.05) is 19.3 Å². The molecule has 0 saturated heterocycles. The van der Waals surface area contributed by atoms with Gasteiger partial charge in [-0.05, 0) is 43.7 Å². The van der Waals surface area contributed by atoms with Gasteiger partial charge in [0.25, 0.3) is 0 Å². The number of aryl methyl sites for hydroxylation is 2. The molecule has 1 heterocycles. The van der Waals surface area contributed by atoms with E-state index < -0.39 is 0 Å². The summed E-state index contributed by atoms with van der Waals surface area (Å²) in [4.78, 5) is 4.36. The van der Waals surface area contributed by atoms with Crippen molar-refractivity contribution < 1.29 is 4.39 Å². The number of aromatic nitrogens is 2. The predicted octanol–water partition coefficient (Wildman–Crippen LogP) is 2.80. The molecule has 1 aromatic heterocycles. The van der Waals surface area contributed by atoms with E-state index in [0.717, 1.165) is 42.3 Å². The predicted molar refractivity (Wildman–Crippen MR) is 74.6 cm³/mol. The smallest absolute Gasteiger partial charge is 0.123 e. The van der Waals surface area contributed by atoms with Gasteiger partial charge in [0.2, 0.25) is 0 Å². The van der Waals surface area contributed by atoms with E-state index in [1.54, 1.807) is 6.07 Å². The van der Waals surface area contributed by atoms with Crippen molar-refractivity contribution in [3.63, 3.8) is 0 Å². The van der Waals surface area contributed by atoms with Crippen LogP contribution in [0.25, 0.3) is 0 Å². The van der Waals surface area contributed by atoms with Crippen LogP contribution in [0.4, 0.5) is 4.39 Å².